The maximum atomic E-state index is 11.3. The van der Waals surface area contributed by atoms with E-state index < -0.39 is 6.04 Å². The maximum absolute atomic E-state index is 11.3. The molecule has 5 heteroatoms. The van der Waals surface area contributed by atoms with Gasteiger partial charge in [-0.15, -0.1) is 0 Å². The van der Waals surface area contributed by atoms with Gasteiger partial charge >= 0.3 is 0 Å². The lowest BCUT2D eigenvalue weighted by Gasteiger charge is -2.13. The van der Waals surface area contributed by atoms with E-state index in [1.54, 1.807) is 0 Å². The molecule has 1 amide bonds. The van der Waals surface area contributed by atoms with Crippen molar-refractivity contribution < 1.29 is 15.0 Å². The van der Waals surface area contributed by atoms with Crippen molar-refractivity contribution in [1.82, 2.24) is 10.6 Å². The van der Waals surface area contributed by atoms with Gasteiger partial charge in [0.15, 0.2) is 0 Å². The Morgan fingerprint density at radius 1 is 1.27 bits per heavy atom. The Bertz CT molecular complexity index is 170. The van der Waals surface area contributed by atoms with E-state index in [1.165, 1.54) is 0 Å². The van der Waals surface area contributed by atoms with Crippen molar-refractivity contribution in [3.8, 4) is 0 Å². The van der Waals surface area contributed by atoms with Crippen LogP contribution in [0.5, 0.6) is 0 Å². The topological polar surface area (TPSA) is 81.6 Å². The Balaban J connectivity index is 3.48. The Hall–Kier alpha value is -0.650. The second kappa shape index (κ2) is 8.64. The first-order chi connectivity index (χ1) is 7.10. The molecule has 0 aromatic heterocycles. The molecule has 15 heavy (non-hydrogen) atoms. The molecule has 0 aromatic rings. The molecular formula is C10H22N2O3. The molecule has 90 valence electrons. The summed E-state index contributed by atoms with van der Waals surface area (Å²) in [6.07, 6.45) is 1.17. The molecule has 0 aliphatic heterocycles. The fourth-order valence-corrected chi connectivity index (χ4v) is 1.09. The van der Waals surface area contributed by atoms with Gasteiger partial charge in [0.2, 0.25) is 5.91 Å². The highest BCUT2D eigenvalue weighted by Gasteiger charge is 2.09. The van der Waals surface area contributed by atoms with Crippen LogP contribution in [0.3, 0.4) is 0 Å². The average Bonchev–Trinajstić information content (AvgIpc) is 2.20. The second-order valence-electron chi connectivity index (χ2n) is 3.84. The molecule has 0 unspecified atom stereocenters. The van der Waals surface area contributed by atoms with E-state index in [9.17, 15) is 4.79 Å². The average molecular weight is 218 g/mol. The van der Waals surface area contributed by atoms with Gasteiger partial charge in [-0.3, -0.25) is 4.79 Å². The molecule has 4 N–H and O–H groups in total. The summed E-state index contributed by atoms with van der Waals surface area (Å²) in [5.74, 6) is -0.131. The predicted octanol–water partition coefficient (Wildman–Crippen LogP) is -0.766. The Morgan fingerprint density at radius 2 is 1.87 bits per heavy atom. The quantitative estimate of drug-likeness (QED) is 0.403. The number of aliphatic hydroxyl groups is 2. The fourth-order valence-electron chi connectivity index (χ4n) is 1.09. The summed E-state index contributed by atoms with van der Waals surface area (Å²) in [4.78, 5) is 11.3. The molecule has 0 heterocycles. The third kappa shape index (κ3) is 8.35. The van der Waals surface area contributed by atoms with Crippen molar-refractivity contribution in [2.75, 3.05) is 19.8 Å². The van der Waals surface area contributed by atoms with Crippen LogP contribution in [-0.4, -0.2) is 48.0 Å². The lowest BCUT2D eigenvalue weighted by molar-refractivity contribution is -0.122. The maximum Gasteiger partial charge on any atom is 0.220 e. The first kappa shape index (κ1) is 14.3. The van der Waals surface area contributed by atoms with E-state index >= 15 is 0 Å². The number of hydrogen-bond acceptors (Lipinski definition) is 4. The molecule has 0 fully saturated rings. The molecule has 0 saturated heterocycles. The third-order valence-corrected chi connectivity index (χ3v) is 1.94. The summed E-state index contributed by atoms with van der Waals surface area (Å²) < 4.78 is 0. The summed E-state index contributed by atoms with van der Waals surface area (Å²) in [5.41, 5.74) is 0. The molecule has 0 saturated carbocycles. The first-order valence-corrected chi connectivity index (χ1v) is 5.34. The number of carbonyl (C=O) groups is 1. The van der Waals surface area contributed by atoms with E-state index in [4.69, 9.17) is 10.2 Å². The SMILES string of the molecule is CC(C)NCCCC(=O)NC(CO)CO. The highest BCUT2D eigenvalue weighted by atomic mass is 16.3. The molecule has 0 aliphatic rings. The molecule has 0 radical (unpaired) electrons. The number of rotatable bonds is 8. The molecular weight excluding hydrogens is 196 g/mol. The monoisotopic (exact) mass is 218 g/mol. The number of aliphatic hydroxyl groups excluding tert-OH is 2. The van der Waals surface area contributed by atoms with Crippen molar-refractivity contribution in [1.29, 1.82) is 0 Å². The van der Waals surface area contributed by atoms with Crippen LogP contribution in [0.15, 0.2) is 0 Å². The van der Waals surface area contributed by atoms with Crippen LogP contribution in [0, 0.1) is 0 Å². The zero-order valence-corrected chi connectivity index (χ0v) is 9.49. The zero-order chi connectivity index (χ0) is 11.7. The van der Waals surface area contributed by atoms with Gasteiger partial charge in [-0.05, 0) is 13.0 Å². The van der Waals surface area contributed by atoms with Crippen molar-refractivity contribution >= 4 is 5.91 Å². The van der Waals surface area contributed by atoms with Gasteiger partial charge in [0.1, 0.15) is 0 Å². The minimum Gasteiger partial charge on any atom is -0.394 e. The van der Waals surface area contributed by atoms with Crippen LogP contribution < -0.4 is 10.6 Å². The van der Waals surface area contributed by atoms with Gasteiger partial charge < -0.3 is 20.8 Å². The molecule has 0 rings (SSSR count). The summed E-state index contributed by atoms with van der Waals surface area (Å²) in [6.45, 7) is 4.44. The zero-order valence-electron chi connectivity index (χ0n) is 9.49. The summed E-state index contributed by atoms with van der Waals surface area (Å²) >= 11 is 0. The molecule has 0 bridgehead atoms. The summed E-state index contributed by atoms with van der Waals surface area (Å²) in [5, 5.41) is 23.2. The lowest BCUT2D eigenvalue weighted by atomic mass is 10.2. The van der Waals surface area contributed by atoms with Crippen LogP contribution >= 0.6 is 0 Å². The van der Waals surface area contributed by atoms with E-state index in [1.807, 2.05) is 13.8 Å². The summed E-state index contributed by atoms with van der Waals surface area (Å²) in [6, 6.07) is -0.105. The second-order valence-corrected chi connectivity index (χ2v) is 3.84. The van der Waals surface area contributed by atoms with Crippen molar-refractivity contribution in [2.45, 2.75) is 38.8 Å². The molecule has 0 aromatic carbocycles. The highest BCUT2D eigenvalue weighted by molar-refractivity contribution is 5.76. The number of hydrogen-bond donors (Lipinski definition) is 4. The normalized spacial score (nSPS) is 11.1. The lowest BCUT2D eigenvalue weighted by Crippen LogP contribution is -2.40. The number of carbonyl (C=O) groups excluding carboxylic acids is 1. The standard InChI is InChI=1S/C10H22N2O3/c1-8(2)11-5-3-4-10(15)12-9(6-13)7-14/h8-9,11,13-14H,3-7H2,1-2H3,(H,12,15). The molecule has 0 spiro atoms. The van der Waals surface area contributed by atoms with Gasteiger partial charge in [0.25, 0.3) is 0 Å². The van der Waals surface area contributed by atoms with Crippen LogP contribution in [-0.2, 0) is 4.79 Å². The van der Waals surface area contributed by atoms with Crippen LogP contribution in [0.1, 0.15) is 26.7 Å². The van der Waals surface area contributed by atoms with E-state index in [0.29, 0.717) is 12.5 Å². The third-order valence-electron chi connectivity index (χ3n) is 1.94. The minimum absolute atomic E-state index is 0.131. The molecule has 0 atom stereocenters. The molecule has 5 nitrogen and oxygen atoms in total. The van der Waals surface area contributed by atoms with Gasteiger partial charge in [0, 0.05) is 12.5 Å². The number of amides is 1. The highest BCUT2D eigenvalue weighted by Crippen LogP contribution is 1.90. The first-order valence-electron chi connectivity index (χ1n) is 5.34. The van der Waals surface area contributed by atoms with Crippen LogP contribution in [0.2, 0.25) is 0 Å². The Morgan fingerprint density at radius 3 is 2.33 bits per heavy atom. The fraction of sp³-hybridized carbons (Fsp3) is 0.900. The van der Waals surface area contributed by atoms with Gasteiger partial charge in [-0.2, -0.15) is 0 Å². The largest absolute Gasteiger partial charge is 0.394 e. The van der Waals surface area contributed by atoms with Crippen molar-refractivity contribution in [2.24, 2.45) is 0 Å². The van der Waals surface area contributed by atoms with Crippen LogP contribution in [0.4, 0.5) is 0 Å². The van der Waals surface area contributed by atoms with Gasteiger partial charge in [0.05, 0.1) is 19.3 Å². The van der Waals surface area contributed by atoms with E-state index in [0.717, 1.165) is 13.0 Å². The number of nitrogens with one attached hydrogen (secondary N) is 2. The van der Waals surface area contributed by atoms with Gasteiger partial charge in [-0.25, -0.2) is 0 Å². The van der Waals surface area contributed by atoms with Crippen molar-refractivity contribution in [3.63, 3.8) is 0 Å². The Labute approximate surface area is 90.9 Å². The van der Waals surface area contributed by atoms with E-state index in [-0.39, 0.29) is 19.1 Å². The molecule has 0 aliphatic carbocycles. The van der Waals surface area contributed by atoms with Crippen LogP contribution in [0.25, 0.3) is 0 Å². The minimum atomic E-state index is -0.532. The van der Waals surface area contributed by atoms with Crippen molar-refractivity contribution in [3.05, 3.63) is 0 Å². The van der Waals surface area contributed by atoms with E-state index in [2.05, 4.69) is 10.6 Å². The smallest absolute Gasteiger partial charge is 0.220 e. The summed E-state index contributed by atoms with van der Waals surface area (Å²) in [7, 11) is 0. The Kier molecular flexibility index (Phi) is 8.27. The predicted molar refractivity (Wildman–Crippen MR) is 58.5 cm³/mol. The van der Waals surface area contributed by atoms with Gasteiger partial charge in [-0.1, -0.05) is 13.8 Å².